The van der Waals surface area contributed by atoms with Crippen molar-refractivity contribution >= 4 is 11.9 Å². The molecule has 0 saturated carbocycles. The number of hydrogen-bond donors (Lipinski definition) is 0. The normalized spacial score (nSPS) is 10.1. The summed E-state index contributed by atoms with van der Waals surface area (Å²) in [6.07, 6.45) is 2.43. The van der Waals surface area contributed by atoms with Gasteiger partial charge in [0.25, 0.3) is 0 Å². The molecular formula is C15H12FNO5. The Hall–Kier alpha value is -2.96. The highest BCUT2D eigenvalue weighted by molar-refractivity contribution is 5.94. The maximum atomic E-state index is 13.0. The van der Waals surface area contributed by atoms with Gasteiger partial charge in [0.2, 0.25) is 5.43 Å². The highest BCUT2D eigenvalue weighted by atomic mass is 19.1. The first-order valence-corrected chi connectivity index (χ1v) is 6.16. The first kappa shape index (κ1) is 15.4. The van der Waals surface area contributed by atoms with Crippen LogP contribution in [0.3, 0.4) is 0 Å². The second-order valence-corrected chi connectivity index (χ2v) is 4.28. The molecular weight excluding hydrogens is 293 g/mol. The van der Waals surface area contributed by atoms with E-state index in [1.807, 2.05) is 0 Å². The van der Waals surface area contributed by atoms with Crippen LogP contribution in [0.4, 0.5) is 4.39 Å². The summed E-state index contributed by atoms with van der Waals surface area (Å²) in [6.45, 7) is 0. The maximum Gasteiger partial charge on any atom is 0.343 e. The third-order valence-electron chi connectivity index (χ3n) is 2.96. The van der Waals surface area contributed by atoms with Crippen LogP contribution in [0.2, 0.25) is 0 Å². The van der Waals surface area contributed by atoms with Gasteiger partial charge in [-0.25, -0.2) is 14.0 Å². The SMILES string of the molecule is COC(=O)c1cn(-c2ccc(F)cc2)cc(C(=O)OC)c1=O. The zero-order valence-electron chi connectivity index (χ0n) is 11.8. The van der Waals surface area contributed by atoms with Gasteiger partial charge in [-0.15, -0.1) is 0 Å². The van der Waals surface area contributed by atoms with E-state index in [4.69, 9.17) is 0 Å². The van der Waals surface area contributed by atoms with Crippen molar-refractivity contribution in [3.05, 3.63) is 63.8 Å². The number of hydrogen-bond acceptors (Lipinski definition) is 5. The Bertz CT molecular complexity index is 739. The lowest BCUT2D eigenvalue weighted by Crippen LogP contribution is -2.25. The molecule has 1 aromatic carbocycles. The van der Waals surface area contributed by atoms with E-state index in [9.17, 15) is 18.8 Å². The third-order valence-corrected chi connectivity index (χ3v) is 2.96. The van der Waals surface area contributed by atoms with Gasteiger partial charge in [-0.3, -0.25) is 4.79 Å². The summed E-state index contributed by atoms with van der Waals surface area (Å²) < 4.78 is 23.4. The zero-order chi connectivity index (χ0) is 16.3. The summed E-state index contributed by atoms with van der Waals surface area (Å²) in [5.74, 6) is -2.20. The maximum absolute atomic E-state index is 13.0. The first-order valence-electron chi connectivity index (χ1n) is 6.16. The Morgan fingerprint density at radius 3 is 1.82 bits per heavy atom. The number of nitrogens with zero attached hydrogens (tertiary/aromatic N) is 1. The molecule has 2 rings (SSSR count). The second-order valence-electron chi connectivity index (χ2n) is 4.28. The van der Waals surface area contributed by atoms with Crippen LogP contribution in [0.25, 0.3) is 5.69 Å². The van der Waals surface area contributed by atoms with Gasteiger partial charge >= 0.3 is 11.9 Å². The quantitative estimate of drug-likeness (QED) is 0.804. The smallest absolute Gasteiger partial charge is 0.343 e. The Kier molecular flexibility index (Phi) is 4.36. The van der Waals surface area contributed by atoms with E-state index in [0.29, 0.717) is 5.69 Å². The Balaban J connectivity index is 2.69. The fraction of sp³-hybridized carbons (Fsp3) is 0.133. The molecule has 6 nitrogen and oxygen atoms in total. The molecule has 0 aliphatic rings. The highest BCUT2D eigenvalue weighted by Gasteiger charge is 2.20. The standard InChI is InChI=1S/C15H12FNO5/c1-21-14(19)11-7-17(10-5-3-9(16)4-6-10)8-12(13(11)18)15(20)22-2/h3-8H,1-2H3. The van der Waals surface area contributed by atoms with Gasteiger partial charge in [-0.1, -0.05) is 0 Å². The monoisotopic (exact) mass is 305 g/mol. The number of benzene rings is 1. The molecule has 114 valence electrons. The number of ether oxygens (including phenoxy) is 2. The van der Waals surface area contributed by atoms with Crippen LogP contribution in [0.1, 0.15) is 20.7 Å². The van der Waals surface area contributed by atoms with Crippen molar-refractivity contribution < 1.29 is 23.5 Å². The lowest BCUT2D eigenvalue weighted by molar-refractivity contribution is 0.0595. The molecule has 7 heteroatoms. The van der Waals surface area contributed by atoms with Crippen LogP contribution in [-0.4, -0.2) is 30.7 Å². The van der Waals surface area contributed by atoms with Crippen LogP contribution < -0.4 is 5.43 Å². The summed E-state index contributed by atoms with van der Waals surface area (Å²) in [5, 5.41) is 0. The Labute approximate surface area is 124 Å². The molecule has 1 heterocycles. The Morgan fingerprint density at radius 1 is 0.955 bits per heavy atom. The third kappa shape index (κ3) is 2.88. The molecule has 0 fully saturated rings. The molecule has 0 unspecified atom stereocenters. The minimum absolute atomic E-state index is 0.324. The van der Waals surface area contributed by atoms with Gasteiger partial charge in [0.15, 0.2) is 0 Å². The summed E-state index contributed by atoms with van der Waals surface area (Å²) in [6, 6.07) is 5.29. The fourth-order valence-electron chi connectivity index (χ4n) is 1.85. The molecule has 0 aliphatic carbocycles. The van der Waals surface area contributed by atoms with Crippen molar-refractivity contribution in [3.8, 4) is 5.69 Å². The van der Waals surface area contributed by atoms with E-state index in [1.54, 1.807) is 0 Å². The van der Waals surface area contributed by atoms with Gasteiger partial charge in [0, 0.05) is 18.1 Å². The minimum Gasteiger partial charge on any atom is -0.465 e. The predicted molar refractivity (Wildman–Crippen MR) is 74.7 cm³/mol. The van der Waals surface area contributed by atoms with Gasteiger partial charge in [0.05, 0.1) is 14.2 Å². The van der Waals surface area contributed by atoms with Crippen molar-refractivity contribution in [2.45, 2.75) is 0 Å². The predicted octanol–water partition coefficient (Wildman–Crippen LogP) is 1.55. The van der Waals surface area contributed by atoms with E-state index < -0.39 is 23.2 Å². The summed E-state index contributed by atoms with van der Waals surface area (Å²) >= 11 is 0. The van der Waals surface area contributed by atoms with Gasteiger partial charge in [-0.2, -0.15) is 0 Å². The van der Waals surface area contributed by atoms with Crippen LogP contribution in [-0.2, 0) is 9.47 Å². The van der Waals surface area contributed by atoms with Gasteiger partial charge in [0.1, 0.15) is 16.9 Å². The number of halogens is 1. The van der Waals surface area contributed by atoms with Crippen molar-refractivity contribution in [1.29, 1.82) is 0 Å². The molecule has 0 saturated heterocycles. The lowest BCUT2D eigenvalue weighted by Gasteiger charge is -2.10. The minimum atomic E-state index is -0.883. The molecule has 0 bridgehead atoms. The van der Waals surface area contributed by atoms with Crippen LogP contribution in [0.15, 0.2) is 41.5 Å². The number of pyridine rings is 1. The number of carbonyl (C=O) groups excluding carboxylic acids is 2. The van der Waals surface area contributed by atoms with Crippen LogP contribution in [0, 0.1) is 5.82 Å². The van der Waals surface area contributed by atoms with E-state index in [1.165, 1.54) is 41.2 Å². The van der Waals surface area contributed by atoms with E-state index in [0.717, 1.165) is 14.2 Å². The number of rotatable bonds is 3. The van der Waals surface area contributed by atoms with E-state index in [-0.39, 0.29) is 11.1 Å². The molecule has 0 aliphatic heterocycles. The molecule has 0 N–H and O–H groups in total. The van der Waals surface area contributed by atoms with E-state index in [2.05, 4.69) is 9.47 Å². The molecule has 22 heavy (non-hydrogen) atoms. The first-order chi connectivity index (χ1) is 10.5. The number of esters is 2. The Morgan fingerprint density at radius 2 is 1.41 bits per heavy atom. The average molecular weight is 305 g/mol. The molecule has 0 radical (unpaired) electrons. The topological polar surface area (TPSA) is 74.6 Å². The number of methoxy groups -OCH3 is 2. The molecule has 0 amide bonds. The molecule has 2 aromatic rings. The second kappa shape index (κ2) is 6.21. The average Bonchev–Trinajstić information content (AvgIpc) is 2.54. The van der Waals surface area contributed by atoms with Gasteiger partial charge < -0.3 is 14.0 Å². The highest BCUT2D eigenvalue weighted by Crippen LogP contribution is 2.11. The summed E-state index contributed by atoms with van der Waals surface area (Å²) in [5.41, 5.74) is -0.988. The molecule has 1 aromatic heterocycles. The van der Waals surface area contributed by atoms with Crippen LogP contribution in [0.5, 0.6) is 0 Å². The van der Waals surface area contributed by atoms with Crippen molar-refractivity contribution in [1.82, 2.24) is 4.57 Å². The van der Waals surface area contributed by atoms with Crippen molar-refractivity contribution in [2.24, 2.45) is 0 Å². The summed E-state index contributed by atoms with van der Waals surface area (Å²) in [4.78, 5) is 35.5. The van der Waals surface area contributed by atoms with Gasteiger partial charge in [-0.05, 0) is 24.3 Å². The van der Waals surface area contributed by atoms with Crippen molar-refractivity contribution in [2.75, 3.05) is 14.2 Å². The molecule has 0 atom stereocenters. The fourth-order valence-corrected chi connectivity index (χ4v) is 1.85. The molecule has 0 spiro atoms. The zero-order valence-corrected chi connectivity index (χ0v) is 11.8. The van der Waals surface area contributed by atoms with Crippen LogP contribution >= 0.6 is 0 Å². The summed E-state index contributed by atoms with van der Waals surface area (Å²) in [7, 11) is 2.24. The van der Waals surface area contributed by atoms with E-state index >= 15 is 0 Å². The largest absolute Gasteiger partial charge is 0.465 e. The number of carbonyl (C=O) groups is 2. The number of aromatic nitrogens is 1. The lowest BCUT2D eigenvalue weighted by atomic mass is 10.1. The van der Waals surface area contributed by atoms with Crippen molar-refractivity contribution in [3.63, 3.8) is 0 Å².